The average Bonchev–Trinajstić information content (AvgIpc) is 3.56. The molecular formula is C30H28F2N4OS. The predicted octanol–water partition coefficient (Wildman–Crippen LogP) is 6.90. The van der Waals surface area contributed by atoms with E-state index in [4.69, 9.17) is 9.97 Å². The first kappa shape index (κ1) is 24.7. The Morgan fingerprint density at radius 3 is 2.45 bits per heavy atom. The smallest absolute Gasteiger partial charge is 0.137 e. The summed E-state index contributed by atoms with van der Waals surface area (Å²) in [5.41, 5.74) is 6.76. The van der Waals surface area contributed by atoms with Gasteiger partial charge in [-0.3, -0.25) is 4.40 Å². The summed E-state index contributed by atoms with van der Waals surface area (Å²) in [5.74, 6) is -0.581. The number of pyridine rings is 1. The molecule has 1 aliphatic heterocycles. The Bertz CT molecular complexity index is 1620. The SMILES string of the molecule is CCc1nc2ccc(N3CCC(O)CC3)cn2c1-c1ccc(-c2nc(-c3ccc(F)cc3)cs2)c(C)c1F. The highest BCUT2D eigenvalue weighted by Gasteiger charge is 2.22. The molecule has 0 saturated carbocycles. The number of nitrogens with zero attached hydrogens (tertiary/aromatic N) is 4. The lowest BCUT2D eigenvalue weighted by atomic mass is 10.0. The number of fused-ring (bicyclic) bond motifs is 1. The number of rotatable bonds is 5. The summed E-state index contributed by atoms with van der Waals surface area (Å²) in [6.45, 7) is 5.39. The Hall–Kier alpha value is -3.62. The molecule has 4 heterocycles. The molecule has 5 nitrogen and oxygen atoms in total. The van der Waals surface area contributed by atoms with Gasteiger partial charge in [-0.25, -0.2) is 18.7 Å². The summed E-state index contributed by atoms with van der Waals surface area (Å²) in [6, 6.07) is 14.0. The molecule has 0 amide bonds. The molecule has 8 heteroatoms. The van der Waals surface area contributed by atoms with Crippen LogP contribution in [0.1, 0.15) is 31.0 Å². The van der Waals surface area contributed by atoms with Gasteiger partial charge in [0.15, 0.2) is 0 Å². The summed E-state index contributed by atoms with van der Waals surface area (Å²) in [6.07, 6.45) is 3.95. The summed E-state index contributed by atoms with van der Waals surface area (Å²) in [7, 11) is 0. The third-order valence-corrected chi connectivity index (χ3v) is 8.23. The maximum absolute atomic E-state index is 16.1. The fourth-order valence-corrected chi connectivity index (χ4v) is 6.09. The second-order valence-electron chi connectivity index (χ2n) is 9.74. The van der Waals surface area contributed by atoms with E-state index in [2.05, 4.69) is 11.0 Å². The van der Waals surface area contributed by atoms with Gasteiger partial charge in [0.05, 0.1) is 28.9 Å². The standard InChI is InChI=1S/C30H28F2N4OS/c1-3-25-29(36-16-21(8-11-27(36)33-25)35-14-12-22(37)13-15-35)24-10-9-23(18(2)28(24)32)30-34-26(17-38-30)19-4-6-20(31)7-5-19/h4-11,16-17,22,37H,3,12-15H2,1-2H3. The van der Waals surface area contributed by atoms with E-state index in [0.717, 1.165) is 70.5 Å². The maximum atomic E-state index is 16.1. The molecule has 0 bridgehead atoms. The molecule has 0 radical (unpaired) electrons. The van der Waals surface area contributed by atoms with E-state index in [9.17, 15) is 9.50 Å². The van der Waals surface area contributed by atoms with Crippen LogP contribution in [0.2, 0.25) is 0 Å². The number of hydrogen-bond donors (Lipinski definition) is 1. The second kappa shape index (κ2) is 9.93. The van der Waals surface area contributed by atoms with E-state index in [0.29, 0.717) is 17.5 Å². The quantitative estimate of drug-likeness (QED) is 0.269. The van der Waals surface area contributed by atoms with Crippen molar-refractivity contribution < 1.29 is 13.9 Å². The molecule has 3 aromatic heterocycles. The average molecular weight is 531 g/mol. The van der Waals surface area contributed by atoms with Crippen LogP contribution < -0.4 is 4.90 Å². The largest absolute Gasteiger partial charge is 0.393 e. The number of aryl methyl sites for hydroxylation is 1. The highest BCUT2D eigenvalue weighted by molar-refractivity contribution is 7.13. The van der Waals surface area contributed by atoms with E-state index in [1.165, 1.54) is 23.5 Å². The van der Waals surface area contributed by atoms with E-state index >= 15 is 4.39 Å². The fourth-order valence-electron chi connectivity index (χ4n) is 5.18. The summed E-state index contributed by atoms with van der Waals surface area (Å²) >= 11 is 1.44. The summed E-state index contributed by atoms with van der Waals surface area (Å²) in [5, 5.41) is 12.5. The van der Waals surface area contributed by atoms with Gasteiger partial charge in [0.1, 0.15) is 22.3 Å². The van der Waals surface area contributed by atoms with Gasteiger partial charge in [-0.05, 0) is 74.2 Å². The highest BCUT2D eigenvalue weighted by Crippen LogP contribution is 2.37. The summed E-state index contributed by atoms with van der Waals surface area (Å²) < 4.78 is 31.4. The molecule has 5 aromatic rings. The Labute approximate surface area is 224 Å². The van der Waals surface area contributed by atoms with Crippen LogP contribution in [0.15, 0.2) is 60.1 Å². The van der Waals surface area contributed by atoms with Gasteiger partial charge in [-0.1, -0.05) is 13.0 Å². The number of aliphatic hydroxyl groups is 1. The number of benzene rings is 2. The lowest BCUT2D eigenvalue weighted by molar-refractivity contribution is 0.145. The number of halogens is 2. The van der Waals surface area contributed by atoms with Crippen LogP contribution >= 0.6 is 11.3 Å². The second-order valence-corrected chi connectivity index (χ2v) is 10.6. The predicted molar refractivity (Wildman–Crippen MR) is 149 cm³/mol. The number of imidazole rings is 1. The molecule has 194 valence electrons. The normalized spacial score (nSPS) is 14.5. The number of piperidine rings is 1. The molecule has 1 N–H and O–H groups in total. The topological polar surface area (TPSA) is 53.7 Å². The van der Waals surface area contributed by atoms with E-state index < -0.39 is 0 Å². The van der Waals surface area contributed by atoms with E-state index in [1.54, 1.807) is 19.1 Å². The Kier molecular flexibility index (Phi) is 6.45. The summed E-state index contributed by atoms with van der Waals surface area (Å²) in [4.78, 5) is 11.8. The molecule has 1 aliphatic rings. The lowest BCUT2D eigenvalue weighted by Gasteiger charge is -2.31. The molecule has 2 aromatic carbocycles. The minimum Gasteiger partial charge on any atom is -0.393 e. The van der Waals surface area contributed by atoms with Crippen LogP contribution in [0.5, 0.6) is 0 Å². The first-order chi connectivity index (χ1) is 18.4. The molecule has 0 atom stereocenters. The molecular weight excluding hydrogens is 502 g/mol. The Balaban J connectivity index is 1.40. The molecule has 6 rings (SSSR count). The number of anilines is 1. The van der Waals surface area contributed by atoms with Crippen LogP contribution in [0.3, 0.4) is 0 Å². The van der Waals surface area contributed by atoms with Crippen molar-refractivity contribution >= 4 is 22.7 Å². The van der Waals surface area contributed by atoms with Crippen LogP contribution in [-0.4, -0.2) is 38.7 Å². The molecule has 0 unspecified atom stereocenters. The van der Waals surface area contributed by atoms with Crippen molar-refractivity contribution in [3.05, 3.63) is 83.0 Å². The van der Waals surface area contributed by atoms with Crippen LogP contribution in [0, 0.1) is 18.6 Å². The highest BCUT2D eigenvalue weighted by atomic mass is 32.1. The third-order valence-electron chi connectivity index (χ3n) is 7.36. The van der Waals surface area contributed by atoms with Crippen molar-refractivity contribution in [1.82, 2.24) is 14.4 Å². The van der Waals surface area contributed by atoms with Crippen LogP contribution in [0.25, 0.3) is 38.7 Å². The van der Waals surface area contributed by atoms with Gasteiger partial charge in [-0.2, -0.15) is 0 Å². The number of hydrogen-bond acceptors (Lipinski definition) is 5. The van der Waals surface area contributed by atoms with Crippen molar-refractivity contribution in [3.8, 4) is 33.1 Å². The first-order valence-electron chi connectivity index (χ1n) is 12.9. The molecule has 0 aliphatic carbocycles. The van der Waals surface area contributed by atoms with Crippen molar-refractivity contribution in [2.45, 2.75) is 39.2 Å². The Morgan fingerprint density at radius 2 is 1.71 bits per heavy atom. The number of aromatic nitrogens is 3. The molecule has 1 fully saturated rings. The van der Waals surface area contributed by atoms with E-state index in [-0.39, 0.29) is 17.7 Å². The number of thiazole rings is 1. The Morgan fingerprint density at radius 1 is 0.974 bits per heavy atom. The minimum absolute atomic E-state index is 0.245. The first-order valence-corrected chi connectivity index (χ1v) is 13.8. The van der Waals surface area contributed by atoms with Gasteiger partial charge in [0, 0.05) is 41.4 Å². The molecule has 1 saturated heterocycles. The third kappa shape index (κ3) is 4.37. The monoisotopic (exact) mass is 530 g/mol. The fraction of sp³-hybridized carbons (Fsp3) is 0.267. The maximum Gasteiger partial charge on any atom is 0.137 e. The molecule has 38 heavy (non-hydrogen) atoms. The molecule has 0 spiro atoms. The van der Waals surface area contributed by atoms with Gasteiger partial charge in [-0.15, -0.1) is 11.3 Å². The zero-order valence-corrected chi connectivity index (χ0v) is 22.1. The lowest BCUT2D eigenvalue weighted by Crippen LogP contribution is -2.35. The van der Waals surface area contributed by atoms with Crippen molar-refractivity contribution in [1.29, 1.82) is 0 Å². The van der Waals surface area contributed by atoms with Crippen LogP contribution in [0.4, 0.5) is 14.5 Å². The van der Waals surface area contributed by atoms with Gasteiger partial charge < -0.3 is 10.0 Å². The van der Waals surface area contributed by atoms with Crippen LogP contribution in [-0.2, 0) is 6.42 Å². The zero-order valence-electron chi connectivity index (χ0n) is 21.3. The van der Waals surface area contributed by atoms with E-state index in [1.807, 2.05) is 41.1 Å². The van der Waals surface area contributed by atoms with Crippen molar-refractivity contribution in [3.63, 3.8) is 0 Å². The minimum atomic E-state index is -0.293. The number of aliphatic hydroxyl groups excluding tert-OH is 1. The van der Waals surface area contributed by atoms with Crippen molar-refractivity contribution in [2.24, 2.45) is 0 Å². The van der Waals surface area contributed by atoms with Gasteiger partial charge >= 0.3 is 0 Å². The van der Waals surface area contributed by atoms with Gasteiger partial charge in [0.25, 0.3) is 0 Å². The van der Waals surface area contributed by atoms with Crippen molar-refractivity contribution in [2.75, 3.05) is 18.0 Å². The zero-order chi connectivity index (χ0) is 26.4. The van der Waals surface area contributed by atoms with Gasteiger partial charge in [0.2, 0.25) is 0 Å².